The van der Waals surface area contributed by atoms with Crippen LogP contribution in [0.5, 0.6) is 5.75 Å². The fourth-order valence-corrected chi connectivity index (χ4v) is 3.70. The molecule has 0 aliphatic rings. The molecule has 4 nitrogen and oxygen atoms in total. The van der Waals surface area contributed by atoms with Gasteiger partial charge in [0.2, 0.25) is 0 Å². The van der Waals surface area contributed by atoms with Crippen molar-refractivity contribution in [2.45, 2.75) is 46.7 Å². The molecule has 0 amide bonds. The Kier molecular flexibility index (Phi) is 7.20. The van der Waals surface area contributed by atoms with Crippen molar-refractivity contribution in [3.05, 3.63) is 29.7 Å². The number of thiazole rings is 1. The number of hydrogen-bond acceptors (Lipinski definition) is 5. The van der Waals surface area contributed by atoms with E-state index in [0.717, 1.165) is 40.7 Å². The number of aromatic nitrogens is 1. The van der Waals surface area contributed by atoms with Crippen molar-refractivity contribution in [2.75, 3.05) is 19.0 Å². The second-order valence-corrected chi connectivity index (χ2v) is 7.40. The first-order valence-electron chi connectivity index (χ1n) is 8.81. The maximum atomic E-state index is 13.7. The van der Waals surface area contributed by atoms with Crippen LogP contribution in [0.3, 0.4) is 0 Å². The molecule has 2 rings (SSSR count). The van der Waals surface area contributed by atoms with Gasteiger partial charge in [0.05, 0.1) is 23.8 Å². The first kappa shape index (κ1) is 19.7. The Balaban J connectivity index is 2.38. The molecule has 1 atom stereocenters. The standard InChI is InChI=1S/C19H28FN3OS/c1-6-17(21-7-2)23-19-22-15(10-12(3)4)18(25-19)13-8-9-14(20)16(11-13)24-5/h8-9,11-12,17,21H,6-7,10H2,1-5H3,(H,22,23). The number of nitrogens with zero attached hydrogens (tertiary/aromatic N) is 1. The topological polar surface area (TPSA) is 46.2 Å². The van der Waals surface area contributed by atoms with Crippen molar-refractivity contribution in [1.82, 2.24) is 10.3 Å². The fraction of sp³-hybridized carbons (Fsp3) is 0.526. The molecule has 2 aromatic rings. The lowest BCUT2D eigenvalue weighted by Gasteiger charge is -2.16. The number of halogens is 1. The smallest absolute Gasteiger partial charge is 0.184 e. The SMILES string of the molecule is CCNC(CC)Nc1nc(CC(C)C)c(-c2ccc(F)c(OC)c2)s1. The minimum Gasteiger partial charge on any atom is -0.494 e. The van der Waals surface area contributed by atoms with Gasteiger partial charge in [0.25, 0.3) is 0 Å². The zero-order chi connectivity index (χ0) is 18.4. The third-order valence-corrected chi connectivity index (χ3v) is 4.95. The lowest BCUT2D eigenvalue weighted by Crippen LogP contribution is -2.35. The first-order chi connectivity index (χ1) is 12.0. The summed E-state index contributed by atoms with van der Waals surface area (Å²) in [7, 11) is 1.49. The van der Waals surface area contributed by atoms with E-state index in [1.165, 1.54) is 13.2 Å². The van der Waals surface area contributed by atoms with Crippen LogP contribution in [0.25, 0.3) is 10.4 Å². The molecule has 0 aliphatic heterocycles. The van der Waals surface area contributed by atoms with Gasteiger partial charge in [-0.15, -0.1) is 0 Å². The van der Waals surface area contributed by atoms with Crippen molar-refractivity contribution in [3.63, 3.8) is 0 Å². The summed E-state index contributed by atoms with van der Waals surface area (Å²) in [6.45, 7) is 9.48. The molecule has 138 valence electrons. The van der Waals surface area contributed by atoms with Gasteiger partial charge in [-0.2, -0.15) is 0 Å². The molecule has 1 aromatic heterocycles. The largest absolute Gasteiger partial charge is 0.494 e. The van der Waals surface area contributed by atoms with Crippen molar-refractivity contribution in [2.24, 2.45) is 5.92 Å². The van der Waals surface area contributed by atoms with Crippen molar-refractivity contribution in [3.8, 4) is 16.2 Å². The number of benzene rings is 1. The minimum absolute atomic E-state index is 0.193. The van der Waals surface area contributed by atoms with Crippen LogP contribution in [0.15, 0.2) is 18.2 Å². The molecule has 2 N–H and O–H groups in total. The molecule has 0 fully saturated rings. The summed E-state index contributed by atoms with van der Waals surface area (Å²) in [5.74, 6) is 0.402. The zero-order valence-corrected chi connectivity index (χ0v) is 16.5. The van der Waals surface area contributed by atoms with Gasteiger partial charge < -0.3 is 10.1 Å². The molecule has 0 saturated carbocycles. The van der Waals surface area contributed by atoms with E-state index < -0.39 is 0 Å². The summed E-state index contributed by atoms with van der Waals surface area (Å²) >= 11 is 1.61. The molecule has 6 heteroatoms. The van der Waals surface area contributed by atoms with E-state index in [4.69, 9.17) is 9.72 Å². The lowest BCUT2D eigenvalue weighted by atomic mass is 10.0. The van der Waals surface area contributed by atoms with Gasteiger partial charge in [-0.05, 0) is 43.0 Å². The monoisotopic (exact) mass is 365 g/mol. The van der Waals surface area contributed by atoms with Crippen molar-refractivity contribution in [1.29, 1.82) is 0 Å². The van der Waals surface area contributed by atoms with Gasteiger partial charge >= 0.3 is 0 Å². The van der Waals surface area contributed by atoms with Crippen molar-refractivity contribution < 1.29 is 9.13 Å². The highest BCUT2D eigenvalue weighted by molar-refractivity contribution is 7.19. The van der Waals surface area contributed by atoms with Crippen LogP contribution in [0.2, 0.25) is 0 Å². The molecule has 25 heavy (non-hydrogen) atoms. The van der Waals surface area contributed by atoms with Crippen LogP contribution in [-0.4, -0.2) is 24.8 Å². The molecule has 1 heterocycles. The van der Waals surface area contributed by atoms with Crippen LogP contribution >= 0.6 is 11.3 Å². The summed E-state index contributed by atoms with van der Waals surface area (Å²) in [4.78, 5) is 5.88. The van der Waals surface area contributed by atoms with Gasteiger partial charge in [0.1, 0.15) is 0 Å². The van der Waals surface area contributed by atoms with E-state index in [1.807, 2.05) is 0 Å². The Morgan fingerprint density at radius 2 is 2.04 bits per heavy atom. The molecule has 0 radical (unpaired) electrons. The quantitative estimate of drug-likeness (QED) is 0.620. The molecule has 0 saturated heterocycles. The Bertz CT molecular complexity index is 687. The average molecular weight is 366 g/mol. The Hall–Kier alpha value is -1.66. The van der Waals surface area contributed by atoms with E-state index in [9.17, 15) is 4.39 Å². The molecular weight excluding hydrogens is 337 g/mol. The minimum atomic E-state index is -0.349. The number of nitrogens with one attached hydrogen (secondary N) is 2. The number of ether oxygens (including phenoxy) is 1. The maximum Gasteiger partial charge on any atom is 0.184 e. The number of anilines is 1. The normalized spacial score (nSPS) is 12.4. The number of methoxy groups -OCH3 is 1. The highest BCUT2D eigenvalue weighted by Gasteiger charge is 2.17. The molecule has 1 unspecified atom stereocenters. The van der Waals surface area contributed by atoms with E-state index in [1.54, 1.807) is 23.5 Å². The molecule has 0 aliphatic carbocycles. The summed E-state index contributed by atoms with van der Waals surface area (Å²) in [5.41, 5.74) is 1.98. The van der Waals surface area contributed by atoms with E-state index in [0.29, 0.717) is 5.92 Å². The second kappa shape index (κ2) is 9.15. The van der Waals surface area contributed by atoms with Gasteiger partial charge in [-0.3, -0.25) is 5.32 Å². The fourth-order valence-electron chi connectivity index (χ4n) is 2.66. The van der Waals surface area contributed by atoms with Crippen LogP contribution in [0.4, 0.5) is 9.52 Å². The maximum absolute atomic E-state index is 13.7. The predicted octanol–water partition coefficient (Wildman–Crippen LogP) is 4.91. The third-order valence-electron chi connectivity index (χ3n) is 3.87. The number of rotatable bonds is 9. The zero-order valence-electron chi connectivity index (χ0n) is 15.6. The predicted molar refractivity (Wildman–Crippen MR) is 104 cm³/mol. The van der Waals surface area contributed by atoms with E-state index >= 15 is 0 Å². The van der Waals surface area contributed by atoms with Crippen molar-refractivity contribution >= 4 is 16.5 Å². The van der Waals surface area contributed by atoms with Gasteiger partial charge in [-0.1, -0.05) is 45.1 Å². The highest BCUT2D eigenvalue weighted by atomic mass is 32.1. The molecule has 0 spiro atoms. The summed E-state index contributed by atoms with van der Waals surface area (Å²) in [5, 5.41) is 7.76. The summed E-state index contributed by atoms with van der Waals surface area (Å²) in [6, 6.07) is 4.99. The third kappa shape index (κ3) is 5.16. The van der Waals surface area contributed by atoms with Gasteiger partial charge in [-0.25, -0.2) is 9.37 Å². The second-order valence-electron chi connectivity index (χ2n) is 6.40. The van der Waals surface area contributed by atoms with E-state index in [2.05, 4.69) is 38.3 Å². The van der Waals surface area contributed by atoms with Gasteiger partial charge in [0, 0.05) is 0 Å². The first-order valence-corrected chi connectivity index (χ1v) is 9.63. The average Bonchev–Trinajstić information content (AvgIpc) is 2.96. The lowest BCUT2D eigenvalue weighted by molar-refractivity contribution is 0.387. The Morgan fingerprint density at radius 3 is 2.64 bits per heavy atom. The van der Waals surface area contributed by atoms with E-state index in [-0.39, 0.29) is 17.7 Å². The highest BCUT2D eigenvalue weighted by Crippen LogP contribution is 2.36. The molecule has 1 aromatic carbocycles. The van der Waals surface area contributed by atoms with Crippen LogP contribution < -0.4 is 15.4 Å². The van der Waals surface area contributed by atoms with Gasteiger partial charge in [0.15, 0.2) is 16.7 Å². The molecular formula is C19H28FN3OS. The van der Waals surface area contributed by atoms with Crippen LogP contribution in [0.1, 0.15) is 39.8 Å². The Morgan fingerprint density at radius 1 is 1.28 bits per heavy atom. The summed E-state index contributed by atoms with van der Waals surface area (Å²) < 4.78 is 18.9. The Labute approximate surface area is 153 Å². The molecule has 0 bridgehead atoms. The van der Waals surface area contributed by atoms with Crippen LogP contribution in [-0.2, 0) is 6.42 Å². The van der Waals surface area contributed by atoms with Crippen LogP contribution in [0, 0.1) is 11.7 Å². The number of hydrogen-bond donors (Lipinski definition) is 2. The summed E-state index contributed by atoms with van der Waals surface area (Å²) in [6.07, 6.45) is 2.04.